The highest BCUT2D eigenvalue weighted by atomic mass is 32.1. The lowest BCUT2D eigenvalue weighted by Gasteiger charge is -2.12. The van der Waals surface area contributed by atoms with Crippen LogP contribution in [0.4, 0.5) is 5.13 Å². The van der Waals surface area contributed by atoms with E-state index in [1.807, 2.05) is 0 Å². The van der Waals surface area contributed by atoms with Gasteiger partial charge in [0.1, 0.15) is 5.01 Å². The van der Waals surface area contributed by atoms with E-state index in [1.54, 1.807) is 18.4 Å². The normalized spacial score (nSPS) is 11.7. The molecule has 4 nitrogen and oxygen atoms in total. The number of nitrogens with zero attached hydrogens (tertiary/aromatic N) is 2. The maximum absolute atomic E-state index is 4.97. The van der Waals surface area contributed by atoms with Gasteiger partial charge >= 0.3 is 0 Å². The number of aromatic nitrogens is 2. The van der Waals surface area contributed by atoms with Crippen LogP contribution in [0.1, 0.15) is 32.2 Å². The van der Waals surface area contributed by atoms with Gasteiger partial charge in [-0.3, -0.25) is 0 Å². The molecule has 5 heteroatoms. The van der Waals surface area contributed by atoms with Gasteiger partial charge in [-0.25, -0.2) is 0 Å². The third kappa shape index (κ3) is 4.13. The highest BCUT2D eigenvalue weighted by molar-refractivity contribution is 7.15. The SMILES string of the molecule is COCCCNc1nnc(C(C)(C)C)s1. The maximum Gasteiger partial charge on any atom is 0.205 e. The molecule has 0 aliphatic heterocycles. The smallest absolute Gasteiger partial charge is 0.205 e. The third-order valence-corrected chi connectivity index (χ3v) is 3.17. The molecule has 1 aromatic rings. The molecule has 0 unspecified atom stereocenters. The second-order valence-electron chi connectivity index (χ2n) is 4.44. The average molecular weight is 229 g/mol. The molecule has 0 saturated carbocycles. The van der Waals surface area contributed by atoms with Crippen molar-refractivity contribution in [3.8, 4) is 0 Å². The van der Waals surface area contributed by atoms with E-state index in [1.165, 1.54) is 0 Å². The van der Waals surface area contributed by atoms with Crippen molar-refractivity contribution in [3.63, 3.8) is 0 Å². The molecule has 0 atom stereocenters. The summed E-state index contributed by atoms with van der Waals surface area (Å²) in [6, 6.07) is 0. The minimum absolute atomic E-state index is 0.0874. The van der Waals surface area contributed by atoms with Crippen LogP contribution in [0.5, 0.6) is 0 Å². The van der Waals surface area contributed by atoms with Crippen LogP contribution in [0.15, 0.2) is 0 Å². The summed E-state index contributed by atoms with van der Waals surface area (Å²) in [4.78, 5) is 0. The lowest BCUT2D eigenvalue weighted by atomic mass is 9.98. The van der Waals surface area contributed by atoms with E-state index < -0.39 is 0 Å². The molecule has 0 amide bonds. The van der Waals surface area contributed by atoms with Gasteiger partial charge in [-0.15, -0.1) is 10.2 Å². The molecule has 0 saturated heterocycles. The number of ether oxygens (including phenoxy) is 1. The second-order valence-corrected chi connectivity index (χ2v) is 5.41. The standard InChI is InChI=1S/C10H19N3OS/c1-10(2,3)8-12-13-9(15-8)11-6-5-7-14-4/h5-7H2,1-4H3,(H,11,13). The molecule has 0 aliphatic rings. The zero-order valence-corrected chi connectivity index (χ0v) is 10.6. The van der Waals surface area contributed by atoms with E-state index in [9.17, 15) is 0 Å². The van der Waals surface area contributed by atoms with Crippen LogP contribution in [0.2, 0.25) is 0 Å². The van der Waals surface area contributed by atoms with Crippen molar-refractivity contribution in [2.45, 2.75) is 32.6 Å². The van der Waals surface area contributed by atoms with E-state index in [4.69, 9.17) is 4.74 Å². The molecule has 0 aliphatic carbocycles. The summed E-state index contributed by atoms with van der Waals surface area (Å²) in [6.07, 6.45) is 0.987. The molecular formula is C10H19N3OS. The molecule has 0 bridgehead atoms. The molecule has 0 aromatic carbocycles. The van der Waals surface area contributed by atoms with Gasteiger partial charge in [0.25, 0.3) is 0 Å². The molecule has 0 fully saturated rings. The summed E-state index contributed by atoms with van der Waals surface area (Å²) in [5, 5.41) is 13.5. The fourth-order valence-corrected chi connectivity index (χ4v) is 1.84. The fraction of sp³-hybridized carbons (Fsp3) is 0.800. The number of methoxy groups -OCH3 is 1. The zero-order valence-electron chi connectivity index (χ0n) is 9.83. The maximum atomic E-state index is 4.97. The average Bonchev–Trinajstić information content (AvgIpc) is 2.60. The molecular weight excluding hydrogens is 210 g/mol. The number of hydrogen-bond donors (Lipinski definition) is 1. The Kier molecular flexibility index (Phi) is 4.47. The van der Waals surface area contributed by atoms with Gasteiger partial charge in [0, 0.05) is 25.7 Å². The van der Waals surface area contributed by atoms with Gasteiger partial charge in [0.15, 0.2) is 0 Å². The van der Waals surface area contributed by atoms with Gasteiger partial charge in [0.2, 0.25) is 5.13 Å². The number of nitrogens with one attached hydrogen (secondary N) is 1. The summed E-state index contributed by atoms with van der Waals surface area (Å²) in [5.41, 5.74) is 0.0874. The van der Waals surface area contributed by atoms with Crippen LogP contribution in [0.25, 0.3) is 0 Å². The first-order valence-corrected chi connectivity index (χ1v) is 5.92. The molecule has 0 radical (unpaired) electrons. The first-order valence-electron chi connectivity index (χ1n) is 5.11. The summed E-state index contributed by atoms with van der Waals surface area (Å²) in [6.45, 7) is 8.08. The Hall–Kier alpha value is -0.680. The van der Waals surface area contributed by atoms with Crippen LogP contribution in [-0.2, 0) is 10.2 Å². The van der Waals surface area contributed by atoms with Crippen molar-refractivity contribution >= 4 is 16.5 Å². The Morgan fingerprint density at radius 1 is 1.33 bits per heavy atom. The summed E-state index contributed by atoms with van der Waals surface area (Å²) in [5.74, 6) is 0. The van der Waals surface area contributed by atoms with E-state index in [2.05, 4.69) is 36.3 Å². The number of hydrogen-bond acceptors (Lipinski definition) is 5. The van der Waals surface area contributed by atoms with Crippen LogP contribution >= 0.6 is 11.3 Å². The minimum Gasteiger partial charge on any atom is -0.385 e. The Labute approximate surface area is 95.1 Å². The molecule has 1 aromatic heterocycles. The Balaban J connectivity index is 2.40. The van der Waals surface area contributed by atoms with E-state index in [0.29, 0.717) is 0 Å². The van der Waals surface area contributed by atoms with Crippen molar-refractivity contribution in [3.05, 3.63) is 5.01 Å². The molecule has 0 spiro atoms. The zero-order chi connectivity index (χ0) is 11.3. The van der Waals surface area contributed by atoms with Crippen LogP contribution < -0.4 is 5.32 Å². The van der Waals surface area contributed by atoms with Crippen LogP contribution in [0, 0.1) is 0 Å². The van der Waals surface area contributed by atoms with Crippen molar-refractivity contribution < 1.29 is 4.74 Å². The van der Waals surface area contributed by atoms with Gasteiger partial charge < -0.3 is 10.1 Å². The quantitative estimate of drug-likeness (QED) is 0.787. The number of rotatable bonds is 5. The van der Waals surface area contributed by atoms with Gasteiger partial charge in [0.05, 0.1) is 0 Å². The van der Waals surface area contributed by atoms with E-state index in [-0.39, 0.29) is 5.41 Å². The first kappa shape index (κ1) is 12.4. The lowest BCUT2D eigenvalue weighted by molar-refractivity contribution is 0.198. The molecule has 1 N–H and O–H groups in total. The first-order chi connectivity index (χ1) is 7.04. The van der Waals surface area contributed by atoms with E-state index in [0.717, 1.165) is 29.7 Å². The Morgan fingerprint density at radius 2 is 2.07 bits per heavy atom. The Morgan fingerprint density at radius 3 is 2.60 bits per heavy atom. The van der Waals surface area contributed by atoms with Crippen LogP contribution in [0.3, 0.4) is 0 Å². The highest BCUT2D eigenvalue weighted by Crippen LogP contribution is 2.27. The predicted molar refractivity (Wildman–Crippen MR) is 63.6 cm³/mol. The van der Waals surface area contributed by atoms with Crippen LogP contribution in [-0.4, -0.2) is 30.5 Å². The van der Waals surface area contributed by atoms with Crippen molar-refractivity contribution in [2.24, 2.45) is 0 Å². The number of anilines is 1. The van der Waals surface area contributed by atoms with E-state index >= 15 is 0 Å². The van der Waals surface area contributed by atoms with Gasteiger partial charge in [-0.1, -0.05) is 32.1 Å². The summed E-state index contributed by atoms with van der Waals surface area (Å²) in [7, 11) is 1.71. The van der Waals surface area contributed by atoms with Crippen molar-refractivity contribution in [1.82, 2.24) is 10.2 Å². The molecule has 86 valence electrons. The molecule has 1 rings (SSSR count). The second kappa shape index (κ2) is 5.42. The van der Waals surface area contributed by atoms with Crippen molar-refractivity contribution in [1.29, 1.82) is 0 Å². The lowest BCUT2D eigenvalue weighted by Crippen LogP contribution is -2.10. The van der Waals surface area contributed by atoms with Gasteiger partial charge in [-0.2, -0.15) is 0 Å². The predicted octanol–water partition coefficient (Wildman–Crippen LogP) is 2.28. The molecule has 1 heterocycles. The summed E-state index contributed by atoms with van der Waals surface area (Å²) >= 11 is 1.62. The van der Waals surface area contributed by atoms with Crippen molar-refractivity contribution in [2.75, 3.05) is 25.6 Å². The summed E-state index contributed by atoms with van der Waals surface area (Å²) < 4.78 is 4.97. The largest absolute Gasteiger partial charge is 0.385 e. The molecule has 15 heavy (non-hydrogen) atoms. The fourth-order valence-electron chi connectivity index (χ4n) is 1.01. The highest BCUT2D eigenvalue weighted by Gasteiger charge is 2.18. The topological polar surface area (TPSA) is 47.0 Å². The van der Waals surface area contributed by atoms with Gasteiger partial charge in [-0.05, 0) is 6.42 Å². The Bertz CT molecular complexity index is 293. The minimum atomic E-state index is 0.0874. The monoisotopic (exact) mass is 229 g/mol. The third-order valence-electron chi connectivity index (χ3n) is 1.87.